The first-order chi connectivity index (χ1) is 18.9. The van der Waals surface area contributed by atoms with Crippen LogP contribution in [-0.4, -0.2) is 39.5 Å². The van der Waals surface area contributed by atoms with Gasteiger partial charge in [-0.15, -0.1) is 11.3 Å². The second-order valence-electron chi connectivity index (χ2n) is 8.01. The molecule has 4 aromatic rings. The molecule has 0 aliphatic heterocycles. The van der Waals surface area contributed by atoms with E-state index in [4.69, 9.17) is 28.7 Å². The molecule has 0 radical (unpaired) electrons. The highest BCUT2D eigenvalue weighted by Crippen LogP contribution is 2.42. The average Bonchev–Trinajstić information content (AvgIpc) is 3.42. The van der Waals surface area contributed by atoms with Gasteiger partial charge in [0.15, 0.2) is 10.8 Å². The molecule has 5 N–H and O–H groups in total. The molecule has 12 heteroatoms. The van der Waals surface area contributed by atoms with E-state index in [1.807, 2.05) is 17.5 Å². The third-order valence-corrected chi connectivity index (χ3v) is 7.16. The lowest BCUT2D eigenvalue weighted by Crippen LogP contribution is -2.21. The number of nitrogens with one attached hydrogen (secondary N) is 1. The molecular formula is C27H21N7O3S2. The van der Waals surface area contributed by atoms with Crippen molar-refractivity contribution in [1.29, 1.82) is 5.26 Å². The maximum absolute atomic E-state index is 10.0. The summed E-state index contributed by atoms with van der Waals surface area (Å²) in [6.07, 6.45) is -0.996. The second-order valence-corrected chi connectivity index (χ2v) is 9.83. The summed E-state index contributed by atoms with van der Waals surface area (Å²) in [5.74, 6) is 0.907. The van der Waals surface area contributed by atoms with Crippen LogP contribution < -0.4 is 15.8 Å². The van der Waals surface area contributed by atoms with Crippen molar-refractivity contribution >= 4 is 51.1 Å². The molecule has 0 amide bonds. The first-order valence-corrected chi connectivity index (χ1v) is 13.3. The van der Waals surface area contributed by atoms with E-state index in [2.05, 4.69) is 31.0 Å². The number of aromatic nitrogens is 2. The molecule has 0 saturated carbocycles. The van der Waals surface area contributed by atoms with Crippen LogP contribution in [0.3, 0.4) is 0 Å². The van der Waals surface area contributed by atoms with Gasteiger partial charge >= 0.3 is 0 Å². The molecular weight excluding hydrogens is 534 g/mol. The van der Waals surface area contributed by atoms with Gasteiger partial charge in [0.1, 0.15) is 35.4 Å². The standard InChI is InChI=1S/C27H21N7O3S2/c1-30-17-5-7-18(8-6-17)32-27-33-19(15-39-27)14-38-26-22(11-28)23(24(31-2)25(29)34-26)16-3-9-21(10-4-16)37-13-20(36)12-35/h3-10,15,20,35-36H,12-14H2,(H2,29,34)(H,32,33)/t20-/m1/s1. The molecule has 0 unspecified atom stereocenters. The molecule has 2 aromatic carbocycles. The zero-order valence-electron chi connectivity index (χ0n) is 20.3. The van der Waals surface area contributed by atoms with Crippen molar-refractivity contribution in [2.45, 2.75) is 16.9 Å². The second kappa shape index (κ2) is 12.7. The van der Waals surface area contributed by atoms with Crippen LogP contribution in [0.15, 0.2) is 58.9 Å². The van der Waals surface area contributed by atoms with Crippen LogP contribution in [0.4, 0.5) is 28.0 Å². The molecule has 194 valence electrons. The number of pyridine rings is 1. The third kappa shape index (κ3) is 6.63. The number of nitrogens with two attached hydrogens (primary N) is 1. The van der Waals surface area contributed by atoms with Crippen molar-refractivity contribution in [2.75, 3.05) is 24.3 Å². The van der Waals surface area contributed by atoms with Gasteiger partial charge in [0.25, 0.3) is 0 Å². The molecule has 0 spiro atoms. The highest BCUT2D eigenvalue weighted by atomic mass is 32.2. The summed E-state index contributed by atoms with van der Waals surface area (Å²) < 4.78 is 5.45. The Balaban J connectivity index is 1.54. The van der Waals surface area contributed by atoms with Crippen molar-refractivity contribution in [1.82, 2.24) is 9.97 Å². The Morgan fingerprint density at radius 2 is 1.87 bits per heavy atom. The number of rotatable bonds is 10. The van der Waals surface area contributed by atoms with E-state index in [1.165, 1.54) is 23.1 Å². The minimum absolute atomic E-state index is 0.0244. The van der Waals surface area contributed by atoms with Crippen molar-refractivity contribution in [3.63, 3.8) is 0 Å². The first-order valence-electron chi connectivity index (χ1n) is 11.4. The lowest BCUT2D eigenvalue weighted by Gasteiger charge is -2.14. The lowest BCUT2D eigenvalue weighted by molar-refractivity contribution is 0.0536. The number of ether oxygens (including phenoxy) is 1. The van der Waals surface area contributed by atoms with Crippen molar-refractivity contribution in [3.8, 4) is 22.9 Å². The number of aliphatic hydroxyl groups excluding tert-OH is 2. The van der Waals surface area contributed by atoms with E-state index in [1.54, 1.807) is 36.4 Å². The number of anilines is 3. The number of benzene rings is 2. The number of thiazole rings is 1. The molecule has 4 rings (SSSR count). The first kappa shape index (κ1) is 27.4. The topological polar surface area (TPSA) is 146 Å². The van der Waals surface area contributed by atoms with Gasteiger partial charge in [-0.25, -0.2) is 19.7 Å². The van der Waals surface area contributed by atoms with Gasteiger partial charge in [0.05, 0.1) is 31.0 Å². The Labute approximate surface area is 233 Å². The number of nitrogens with zero attached hydrogens (tertiary/aromatic N) is 5. The fraction of sp³-hybridized carbons (Fsp3) is 0.148. The van der Waals surface area contributed by atoms with Crippen LogP contribution in [0.25, 0.3) is 20.8 Å². The van der Waals surface area contributed by atoms with Gasteiger partial charge in [-0.3, -0.25) is 0 Å². The summed E-state index contributed by atoms with van der Waals surface area (Å²) in [5.41, 5.74) is 9.58. The summed E-state index contributed by atoms with van der Waals surface area (Å²) >= 11 is 2.73. The molecule has 2 aromatic heterocycles. The quantitative estimate of drug-likeness (QED) is 0.147. The molecule has 0 bridgehead atoms. The summed E-state index contributed by atoms with van der Waals surface area (Å²) in [5, 5.41) is 34.7. The summed E-state index contributed by atoms with van der Waals surface area (Å²) in [6, 6.07) is 16.0. The highest BCUT2D eigenvalue weighted by molar-refractivity contribution is 7.98. The van der Waals surface area contributed by atoms with Crippen LogP contribution in [-0.2, 0) is 5.75 Å². The fourth-order valence-electron chi connectivity index (χ4n) is 3.45. The van der Waals surface area contributed by atoms with Gasteiger partial charge < -0.3 is 26.0 Å². The zero-order chi connectivity index (χ0) is 27.8. The van der Waals surface area contributed by atoms with Crippen molar-refractivity contribution in [3.05, 3.63) is 88.0 Å². The monoisotopic (exact) mass is 555 g/mol. The van der Waals surface area contributed by atoms with Crippen LogP contribution in [0.2, 0.25) is 0 Å². The van der Waals surface area contributed by atoms with Gasteiger partial charge in [-0.2, -0.15) is 5.26 Å². The molecule has 0 saturated heterocycles. The molecule has 0 aliphatic rings. The van der Waals surface area contributed by atoms with E-state index in [0.717, 1.165) is 11.4 Å². The van der Waals surface area contributed by atoms with Crippen LogP contribution >= 0.6 is 23.1 Å². The number of hydrogen-bond donors (Lipinski definition) is 4. The fourth-order valence-corrected chi connectivity index (χ4v) is 5.18. The van der Waals surface area contributed by atoms with Crippen molar-refractivity contribution < 1.29 is 14.9 Å². The molecule has 0 fully saturated rings. The highest BCUT2D eigenvalue weighted by Gasteiger charge is 2.21. The Bertz CT molecular complexity index is 1580. The largest absolute Gasteiger partial charge is 0.491 e. The predicted octanol–water partition coefficient (Wildman–Crippen LogP) is 5.53. The third-order valence-electron chi connectivity index (χ3n) is 5.34. The maximum Gasteiger partial charge on any atom is 0.236 e. The van der Waals surface area contributed by atoms with Crippen LogP contribution in [0.1, 0.15) is 11.3 Å². The Morgan fingerprint density at radius 3 is 2.51 bits per heavy atom. The minimum Gasteiger partial charge on any atom is -0.491 e. The molecule has 0 aliphatic carbocycles. The number of nitrogen functional groups attached to an aromatic ring is 1. The van der Waals surface area contributed by atoms with Gasteiger partial charge in [0, 0.05) is 22.4 Å². The van der Waals surface area contributed by atoms with E-state index in [9.17, 15) is 10.4 Å². The number of thioether (sulfide) groups is 1. The predicted molar refractivity (Wildman–Crippen MR) is 151 cm³/mol. The number of nitriles is 1. The zero-order valence-corrected chi connectivity index (χ0v) is 22.0. The number of aliphatic hydroxyl groups is 2. The average molecular weight is 556 g/mol. The molecule has 39 heavy (non-hydrogen) atoms. The maximum atomic E-state index is 10.0. The smallest absolute Gasteiger partial charge is 0.236 e. The minimum atomic E-state index is -0.996. The van der Waals surface area contributed by atoms with E-state index < -0.39 is 12.7 Å². The van der Waals surface area contributed by atoms with Crippen LogP contribution in [0.5, 0.6) is 5.75 Å². The van der Waals surface area contributed by atoms with Crippen molar-refractivity contribution in [2.24, 2.45) is 0 Å². The summed E-state index contributed by atoms with van der Waals surface area (Å²) in [6.45, 7) is 14.2. The molecule has 10 nitrogen and oxygen atoms in total. The SMILES string of the molecule is [C-]#[N+]c1ccc(Nc2nc(CSc3nc(N)c([N+]#[C-])c(-c4ccc(OC[C@H](O)CO)cc4)c3C#N)cs2)cc1. The summed E-state index contributed by atoms with van der Waals surface area (Å²) in [4.78, 5) is 15.9. The molecule has 2 heterocycles. The van der Waals surface area contributed by atoms with Gasteiger partial charge in [-0.1, -0.05) is 36.0 Å². The van der Waals surface area contributed by atoms with E-state index in [-0.39, 0.29) is 23.7 Å². The Morgan fingerprint density at radius 1 is 1.13 bits per heavy atom. The van der Waals surface area contributed by atoms with Crippen LogP contribution in [0, 0.1) is 24.5 Å². The Hall–Kier alpha value is -4.64. The number of hydrogen-bond acceptors (Lipinski definition) is 10. The lowest BCUT2D eigenvalue weighted by atomic mass is 10.00. The normalized spacial score (nSPS) is 11.2. The van der Waals surface area contributed by atoms with Gasteiger partial charge in [-0.05, 0) is 29.8 Å². The summed E-state index contributed by atoms with van der Waals surface area (Å²) in [7, 11) is 0. The van der Waals surface area contributed by atoms with Gasteiger partial charge in [0.2, 0.25) is 5.69 Å². The van der Waals surface area contributed by atoms with E-state index >= 15 is 0 Å². The van der Waals surface area contributed by atoms with E-state index in [0.29, 0.717) is 38.5 Å². The molecule has 1 atom stereocenters. The Kier molecular flexibility index (Phi) is 8.95.